The lowest BCUT2D eigenvalue weighted by molar-refractivity contribution is 0.0600. The van der Waals surface area contributed by atoms with Gasteiger partial charge in [0.25, 0.3) is 16.4 Å². The average Bonchev–Trinajstić information content (AvgIpc) is 3.66. The van der Waals surface area contributed by atoms with Crippen molar-refractivity contribution in [3.05, 3.63) is 123 Å². The van der Waals surface area contributed by atoms with Crippen molar-refractivity contribution in [2.45, 2.75) is 11.3 Å². The van der Waals surface area contributed by atoms with E-state index in [2.05, 4.69) is 6.07 Å². The van der Waals surface area contributed by atoms with E-state index < -0.39 is 28.2 Å². The monoisotopic (exact) mass is 676 g/mol. The van der Waals surface area contributed by atoms with Crippen LogP contribution in [0.4, 0.5) is 13.2 Å². The molecule has 0 aliphatic heterocycles. The van der Waals surface area contributed by atoms with Crippen LogP contribution in [0.15, 0.2) is 101 Å². The van der Waals surface area contributed by atoms with Gasteiger partial charge in [-0.3, -0.25) is 0 Å². The summed E-state index contributed by atoms with van der Waals surface area (Å²) in [4.78, 5) is 12.0. The van der Waals surface area contributed by atoms with E-state index in [9.17, 15) is 31.6 Å². The summed E-state index contributed by atoms with van der Waals surface area (Å²) in [6, 6.07) is 23.1. The number of esters is 1. The molecule has 0 aliphatic carbocycles. The molecule has 12 heteroatoms. The molecular weight excluding hydrogens is 657 g/mol. The highest BCUT2D eigenvalue weighted by molar-refractivity contribution is 7.90. The number of hydrogen-bond donors (Lipinski definition) is 0. The van der Waals surface area contributed by atoms with Gasteiger partial charge in [0.05, 0.1) is 28.8 Å². The summed E-state index contributed by atoms with van der Waals surface area (Å²) in [5, 5.41) is 12.1. The van der Waals surface area contributed by atoms with Gasteiger partial charge in [0, 0.05) is 38.2 Å². The van der Waals surface area contributed by atoms with Crippen molar-refractivity contribution in [1.29, 1.82) is 5.26 Å². The van der Waals surface area contributed by atoms with Crippen LogP contribution in [0, 0.1) is 17.1 Å². The van der Waals surface area contributed by atoms with Gasteiger partial charge in [-0.1, -0.05) is 48.0 Å². The Bertz CT molecular complexity index is 2310. The van der Waals surface area contributed by atoms with E-state index >= 15 is 0 Å². The molecule has 0 aliphatic rings. The molecule has 0 saturated heterocycles. The fraction of sp³-hybridized carbons (Fsp3) is 0.0588. The third kappa shape index (κ3) is 5.34. The number of methoxy groups -OCH3 is 1. The number of nitrogens with zero attached hydrogens (tertiary/aromatic N) is 2. The Morgan fingerprint density at radius 3 is 2.37 bits per heavy atom. The lowest BCUT2D eigenvalue weighted by atomic mass is 9.96. The highest BCUT2D eigenvalue weighted by Crippen LogP contribution is 2.46. The zero-order chi connectivity index (χ0) is 32.7. The molecule has 6 nitrogen and oxygen atoms in total. The molecule has 4 aromatic carbocycles. The first kappa shape index (κ1) is 31.1. The number of ether oxygens (including phenoxy) is 1. The molecule has 2 heterocycles. The van der Waals surface area contributed by atoms with E-state index in [4.69, 9.17) is 16.3 Å². The van der Waals surface area contributed by atoms with Gasteiger partial charge in [-0.05, 0) is 65.5 Å². The minimum absolute atomic E-state index is 0.116. The van der Waals surface area contributed by atoms with Crippen molar-refractivity contribution < 1.29 is 31.1 Å². The molecule has 6 rings (SSSR count). The van der Waals surface area contributed by atoms with Crippen LogP contribution in [0.5, 0.6) is 0 Å². The smallest absolute Gasteiger partial charge is 0.337 e. The Hall–Kier alpha value is -4.89. The van der Waals surface area contributed by atoms with Crippen molar-refractivity contribution in [1.82, 2.24) is 3.97 Å². The molecule has 0 amide bonds. The van der Waals surface area contributed by atoms with Gasteiger partial charge < -0.3 is 4.74 Å². The van der Waals surface area contributed by atoms with Crippen molar-refractivity contribution in [2.75, 3.05) is 7.11 Å². The highest BCUT2D eigenvalue weighted by atomic mass is 35.5. The zero-order valence-corrected chi connectivity index (χ0v) is 26.1. The van der Waals surface area contributed by atoms with Crippen molar-refractivity contribution in [3.8, 4) is 39.6 Å². The Labute approximate surface area is 270 Å². The maximum absolute atomic E-state index is 14.8. The van der Waals surface area contributed by atoms with Crippen LogP contribution in [-0.2, 0) is 14.8 Å². The third-order valence-corrected chi connectivity index (χ3v) is 10.3. The lowest BCUT2D eigenvalue weighted by Gasteiger charge is -2.15. The molecule has 6 aromatic rings. The molecule has 46 heavy (non-hydrogen) atoms. The molecule has 0 spiro atoms. The number of nitriles is 1. The lowest BCUT2D eigenvalue weighted by Crippen LogP contribution is -2.14. The molecule has 0 saturated carbocycles. The quantitative estimate of drug-likeness (QED) is 0.157. The Morgan fingerprint density at radius 2 is 1.70 bits per heavy atom. The number of carbonyl (C=O) groups excluding carboxylic acids is 1. The summed E-state index contributed by atoms with van der Waals surface area (Å²) in [5.41, 5.74) is 2.29. The molecule has 230 valence electrons. The minimum Gasteiger partial charge on any atom is -0.465 e. The summed E-state index contributed by atoms with van der Waals surface area (Å²) in [7, 11) is -3.25. The Kier molecular flexibility index (Phi) is 8.20. The number of fused-ring (bicyclic) bond motifs is 1. The van der Waals surface area contributed by atoms with Crippen LogP contribution < -0.4 is 0 Å². The predicted molar refractivity (Wildman–Crippen MR) is 171 cm³/mol. The summed E-state index contributed by atoms with van der Waals surface area (Å²) < 4.78 is 76.2. The number of thiophene rings is 1. The molecule has 0 atom stereocenters. The molecular formula is C34H20ClF3N2O4S2. The van der Waals surface area contributed by atoms with Crippen molar-refractivity contribution >= 4 is 49.8 Å². The van der Waals surface area contributed by atoms with E-state index in [1.54, 1.807) is 47.8 Å². The Balaban J connectivity index is 1.68. The summed E-state index contributed by atoms with van der Waals surface area (Å²) in [5.74, 6) is -1.20. The maximum Gasteiger partial charge on any atom is 0.337 e. The molecule has 0 fully saturated rings. The van der Waals surface area contributed by atoms with E-state index in [1.807, 2.05) is 0 Å². The second-order valence-electron chi connectivity index (χ2n) is 10.1. The maximum atomic E-state index is 14.8. The highest BCUT2D eigenvalue weighted by Gasteiger charge is 2.30. The van der Waals surface area contributed by atoms with Gasteiger partial charge in [0.1, 0.15) is 16.8 Å². The number of alkyl halides is 2. The van der Waals surface area contributed by atoms with Crippen LogP contribution in [0.25, 0.3) is 44.4 Å². The van der Waals surface area contributed by atoms with E-state index in [-0.39, 0.29) is 42.5 Å². The van der Waals surface area contributed by atoms with Crippen LogP contribution in [0.2, 0.25) is 5.02 Å². The first-order chi connectivity index (χ1) is 22.0. The summed E-state index contributed by atoms with van der Waals surface area (Å²) >= 11 is 7.72. The van der Waals surface area contributed by atoms with Crippen LogP contribution in [0.3, 0.4) is 0 Å². The van der Waals surface area contributed by atoms with Gasteiger partial charge in [0.2, 0.25) is 0 Å². The van der Waals surface area contributed by atoms with Crippen LogP contribution in [0.1, 0.15) is 27.2 Å². The van der Waals surface area contributed by atoms with E-state index in [1.165, 1.54) is 25.3 Å². The van der Waals surface area contributed by atoms with Gasteiger partial charge in [-0.2, -0.15) is 5.26 Å². The fourth-order valence-corrected chi connectivity index (χ4v) is 7.86. The molecule has 2 aromatic heterocycles. The zero-order valence-electron chi connectivity index (χ0n) is 23.7. The predicted octanol–water partition coefficient (Wildman–Crippen LogP) is 9.33. The van der Waals surface area contributed by atoms with Crippen LogP contribution in [-0.4, -0.2) is 25.5 Å². The molecule has 0 bridgehead atoms. The van der Waals surface area contributed by atoms with E-state index in [0.29, 0.717) is 27.8 Å². The number of carbonyl (C=O) groups is 1. The fourth-order valence-electron chi connectivity index (χ4n) is 5.33. The van der Waals surface area contributed by atoms with Crippen molar-refractivity contribution in [3.63, 3.8) is 0 Å². The van der Waals surface area contributed by atoms with Gasteiger partial charge in [0.15, 0.2) is 0 Å². The average molecular weight is 677 g/mol. The van der Waals surface area contributed by atoms with E-state index in [0.717, 1.165) is 45.6 Å². The third-order valence-electron chi connectivity index (χ3n) is 7.43. The molecule has 0 unspecified atom stereocenters. The largest absolute Gasteiger partial charge is 0.465 e. The number of halogens is 4. The van der Waals surface area contributed by atoms with Crippen LogP contribution >= 0.6 is 22.9 Å². The van der Waals surface area contributed by atoms with Gasteiger partial charge in [-0.25, -0.2) is 30.4 Å². The first-order valence-electron chi connectivity index (χ1n) is 13.5. The normalized spacial score (nSPS) is 11.6. The molecule has 0 N–H and O–H groups in total. The standard InChI is InChI=1S/C34H20ClF3N2O4S2/c1-44-34(41)22-7-11-25(28(35)16-22)20-3-2-4-21(15-20)32-31(26-13-14-45-30(26)18-39)27-17-23(36)8-12-29(27)40(32)46(42,43)24-9-5-19(6-10-24)33(37)38/h2-17,33H,1H3. The molecule has 0 radical (unpaired) electrons. The topological polar surface area (TPSA) is 89.2 Å². The van der Waals surface area contributed by atoms with Crippen molar-refractivity contribution in [2.24, 2.45) is 0 Å². The van der Waals surface area contributed by atoms with Gasteiger partial charge in [-0.15, -0.1) is 11.3 Å². The number of benzene rings is 4. The summed E-state index contributed by atoms with van der Waals surface area (Å²) in [6.07, 6.45) is -2.80. The second-order valence-corrected chi connectivity index (χ2v) is 13.2. The first-order valence-corrected chi connectivity index (χ1v) is 16.2. The Morgan fingerprint density at radius 1 is 0.957 bits per heavy atom. The number of aromatic nitrogens is 1. The number of hydrogen-bond acceptors (Lipinski definition) is 6. The minimum atomic E-state index is -4.50. The SMILES string of the molecule is COC(=O)c1ccc(-c2cccc(-c3c(-c4ccsc4C#N)c4cc(F)ccc4n3S(=O)(=O)c3ccc(C(F)F)cc3)c2)c(Cl)c1. The second kappa shape index (κ2) is 12.1. The number of rotatable bonds is 7. The van der Waals surface area contributed by atoms with Gasteiger partial charge >= 0.3 is 5.97 Å². The summed E-state index contributed by atoms with van der Waals surface area (Å²) in [6.45, 7) is 0.